The van der Waals surface area contributed by atoms with Crippen molar-refractivity contribution in [1.29, 1.82) is 0 Å². The number of rotatable bonds is 5. The van der Waals surface area contributed by atoms with E-state index in [0.29, 0.717) is 18.2 Å². The van der Waals surface area contributed by atoms with Gasteiger partial charge in [0.1, 0.15) is 17.2 Å². The van der Waals surface area contributed by atoms with Crippen molar-refractivity contribution in [2.75, 3.05) is 0 Å². The molecule has 2 aromatic heterocycles. The Morgan fingerprint density at radius 2 is 1.93 bits per heavy atom. The number of halogens is 1. The molecule has 0 aliphatic heterocycles. The summed E-state index contributed by atoms with van der Waals surface area (Å²) in [4.78, 5) is 28.7. The lowest BCUT2D eigenvalue weighted by Crippen LogP contribution is -2.21. The summed E-state index contributed by atoms with van der Waals surface area (Å²) >= 11 is 0. The van der Waals surface area contributed by atoms with Gasteiger partial charge in [0.2, 0.25) is 5.91 Å². The molecular weight excluding hydrogens is 375 g/mol. The van der Waals surface area contributed by atoms with Crippen LogP contribution in [0.15, 0.2) is 18.2 Å². The Morgan fingerprint density at radius 1 is 1.21 bits per heavy atom. The molecule has 0 unspecified atom stereocenters. The first-order chi connectivity index (χ1) is 13.9. The fourth-order valence-corrected chi connectivity index (χ4v) is 4.13. The smallest absolute Gasteiger partial charge is 0.268 e. The number of nitrogens with two attached hydrogens (primary N) is 2. The van der Waals surface area contributed by atoms with Gasteiger partial charge in [-0.15, -0.1) is 5.10 Å². The minimum Gasteiger partial charge on any atom is -0.366 e. The molecule has 1 aromatic carbocycles. The summed E-state index contributed by atoms with van der Waals surface area (Å²) in [6, 6.07) is 4.13. The molecule has 1 aliphatic rings. The van der Waals surface area contributed by atoms with Crippen LogP contribution in [0.25, 0.3) is 22.2 Å². The molecule has 0 atom stereocenters. The molecule has 150 valence electrons. The SMILES string of the molecule is Cc1c(-c2c(C(N)=O)nc3cccc(F)c3c2C(N)=O)nnn1CC1CCCC1. The highest BCUT2D eigenvalue weighted by Crippen LogP contribution is 2.34. The highest BCUT2D eigenvalue weighted by Gasteiger charge is 2.29. The topological polar surface area (TPSA) is 130 Å². The van der Waals surface area contributed by atoms with Gasteiger partial charge in [0.05, 0.1) is 16.8 Å². The van der Waals surface area contributed by atoms with E-state index < -0.39 is 17.6 Å². The maximum atomic E-state index is 14.6. The summed E-state index contributed by atoms with van der Waals surface area (Å²) in [6.07, 6.45) is 4.63. The van der Waals surface area contributed by atoms with E-state index >= 15 is 0 Å². The fraction of sp³-hybridized carbons (Fsp3) is 0.350. The normalized spacial score (nSPS) is 14.6. The van der Waals surface area contributed by atoms with Gasteiger partial charge in [0.25, 0.3) is 5.91 Å². The molecule has 4 N–H and O–H groups in total. The lowest BCUT2D eigenvalue weighted by Gasteiger charge is -2.14. The van der Waals surface area contributed by atoms with Crippen molar-refractivity contribution in [3.8, 4) is 11.3 Å². The van der Waals surface area contributed by atoms with Crippen LogP contribution in [0.3, 0.4) is 0 Å². The van der Waals surface area contributed by atoms with E-state index in [0.717, 1.165) is 12.8 Å². The van der Waals surface area contributed by atoms with Crippen molar-refractivity contribution in [2.45, 2.75) is 39.2 Å². The second kappa shape index (κ2) is 7.23. The van der Waals surface area contributed by atoms with Crippen LogP contribution in [0.4, 0.5) is 4.39 Å². The summed E-state index contributed by atoms with van der Waals surface area (Å²) in [5.74, 6) is -1.93. The molecule has 1 saturated carbocycles. The number of amides is 2. The predicted octanol–water partition coefficient (Wildman–Crippen LogP) is 2.33. The number of hydrogen-bond donors (Lipinski definition) is 2. The molecule has 0 bridgehead atoms. The van der Waals surface area contributed by atoms with E-state index in [-0.39, 0.29) is 33.4 Å². The van der Waals surface area contributed by atoms with Crippen molar-refractivity contribution in [3.05, 3.63) is 41.0 Å². The average molecular weight is 396 g/mol. The molecule has 29 heavy (non-hydrogen) atoms. The number of aromatic nitrogens is 4. The Kier molecular flexibility index (Phi) is 4.73. The molecule has 9 heteroatoms. The number of carbonyl (C=O) groups is 2. The van der Waals surface area contributed by atoms with Crippen LogP contribution in [0.1, 0.15) is 52.2 Å². The summed E-state index contributed by atoms with van der Waals surface area (Å²) in [5, 5.41) is 8.32. The Labute approximate surface area is 166 Å². The van der Waals surface area contributed by atoms with Crippen molar-refractivity contribution >= 4 is 22.7 Å². The molecule has 0 saturated heterocycles. The fourth-order valence-electron chi connectivity index (χ4n) is 4.13. The summed E-state index contributed by atoms with van der Waals surface area (Å²) in [7, 11) is 0. The van der Waals surface area contributed by atoms with Crippen molar-refractivity contribution in [1.82, 2.24) is 20.0 Å². The molecule has 0 spiro atoms. The molecule has 4 rings (SSSR count). The minimum absolute atomic E-state index is 0.0257. The summed E-state index contributed by atoms with van der Waals surface area (Å²) < 4.78 is 16.3. The lowest BCUT2D eigenvalue weighted by atomic mass is 9.95. The van der Waals surface area contributed by atoms with Gasteiger partial charge in [0, 0.05) is 17.5 Å². The first-order valence-electron chi connectivity index (χ1n) is 9.50. The van der Waals surface area contributed by atoms with Gasteiger partial charge < -0.3 is 11.5 Å². The third-order valence-corrected chi connectivity index (χ3v) is 5.57. The zero-order chi connectivity index (χ0) is 20.7. The van der Waals surface area contributed by atoms with Gasteiger partial charge in [-0.1, -0.05) is 24.1 Å². The second-order valence-corrected chi connectivity index (χ2v) is 7.43. The molecule has 2 amide bonds. The standard InChI is InChI=1S/C20H21FN6O2/c1-10-17(25-26-27(10)9-11-5-2-3-6-11)16-15(19(22)28)14-12(21)7-4-8-13(14)24-18(16)20(23)29/h4,7-8,11H,2-3,5-6,9H2,1H3,(H2,22,28)(H2,23,29). The van der Waals surface area contributed by atoms with Crippen LogP contribution in [0.2, 0.25) is 0 Å². The van der Waals surface area contributed by atoms with Crippen LogP contribution in [0.5, 0.6) is 0 Å². The molecule has 2 heterocycles. The molecule has 1 aliphatic carbocycles. The monoisotopic (exact) mass is 396 g/mol. The molecule has 8 nitrogen and oxygen atoms in total. The average Bonchev–Trinajstić information content (AvgIpc) is 3.31. The maximum absolute atomic E-state index is 14.6. The van der Waals surface area contributed by atoms with Gasteiger partial charge in [-0.3, -0.25) is 9.59 Å². The van der Waals surface area contributed by atoms with Crippen molar-refractivity contribution < 1.29 is 14.0 Å². The van der Waals surface area contributed by atoms with Gasteiger partial charge in [0.15, 0.2) is 0 Å². The highest BCUT2D eigenvalue weighted by atomic mass is 19.1. The molecule has 1 fully saturated rings. The zero-order valence-corrected chi connectivity index (χ0v) is 16.0. The van der Waals surface area contributed by atoms with Gasteiger partial charge in [-0.25, -0.2) is 14.1 Å². The maximum Gasteiger partial charge on any atom is 0.268 e. The number of fused-ring (bicyclic) bond motifs is 1. The number of pyridine rings is 1. The summed E-state index contributed by atoms with van der Waals surface area (Å²) in [5.41, 5.74) is 11.8. The second-order valence-electron chi connectivity index (χ2n) is 7.43. The molecule has 3 aromatic rings. The van der Waals surface area contributed by atoms with Crippen LogP contribution in [-0.4, -0.2) is 31.8 Å². The van der Waals surface area contributed by atoms with Crippen LogP contribution in [-0.2, 0) is 6.54 Å². The quantitative estimate of drug-likeness (QED) is 0.683. The zero-order valence-electron chi connectivity index (χ0n) is 16.0. The van der Waals surface area contributed by atoms with Crippen LogP contribution >= 0.6 is 0 Å². The number of nitrogens with zero attached hydrogens (tertiary/aromatic N) is 4. The Hall–Kier alpha value is -3.36. The number of hydrogen-bond acceptors (Lipinski definition) is 5. The third-order valence-electron chi connectivity index (χ3n) is 5.57. The van der Waals surface area contributed by atoms with Crippen molar-refractivity contribution in [2.24, 2.45) is 17.4 Å². The molecule has 0 radical (unpaired) electrons. The van der Waals surface area contributed by atoms with Crippen molar-refractivity contribution in [3.63, 3.8) is 0 Å². The first-order valence-corrected chi connectivity index (χ1v) is 9.50. The van der Waals surface area contributed by atoms with E-state index in [1.165, 1.54) is 31.0 Å². The van der Waals surface area contributed by atoms with Gasteiger partial charge >= 0.3 is 0 Å². The number of primary amides is 2. The lowest BCUT2D eigenvalue weighted by molar-refractivity contribution is 0.0996. The third kappa shape index (κ3) is 3.22. The Morgan fingerprint density at radius 3 is 2.59 bits per heavy atom. The number of carbonyl (C=O) groups excluding carboxylic acids is 2. The van der Waals surface area contributed by atoms with E-state index in [1.54, 1.807) is 11.6 Å². The highest BCUT2D eigenvalue weighted by molar-refractivity contribution is 6.15. The largest absolute Gasteiger partial charge is 0.366 e. The Bertz CT molecular complexity index is 1130. The minimum atomic E-state index is -0.898. The van der Waals surface area contributed by atoms with E-state index in [9.17, 15) is 14.0 Å². The van der Waals surface area contributed by atoms with E-state index in [2.05, 4.69) is 15.3 Å². The van der Waals surface area contributed by atoms with Gasteiger partial charge in [-0.05, 0) is 37.8 Å². The van der Waals surface area contributed by atoms with Crippen LogP contribution in [0, 0.1) is 18.7 Å². The Balaban J connectivity index is 1.97. The van der Waals surface area contributed by atoms with E-state index in [1.807, 2.05) is 0 Å². The first kappa shape index (κ1) is 19.0. The summed E-state index contributed by atoms with van der Waals surface area (Å²) in [6.45, 7) is 2.47. The van der Waals surface area contributed by atoms with Crippen LogP contribution < -0.4 is 11.5 Å². The predicted molar refractivity (Wildman–Crippen MR) is 104 cm³/mol. The van der Waals surface area contributed by atoms with Gasteiger partial charge in [-0.2, -0.15) is 0 Å². The van der Waals surface area contributed by atoms with E-state index in [4.69, 9.17) is 11.5 Å². The number of benzene rings is 1. The molecular formula is C20H21FN6O2.